The third kappa shape index (κ3) is 4.66. The third-order valence-corrected chi connectivity index (χ3v) is 3.62. The van der Waals surface area contributed by atoms with Crippen molar-refractivity contribution in [3.8, 4) is 6.07 Å². The van der Waals surface area contributed by atoms with E-state index in [2.05, 4.69) is 26.2 Å². The number of benzene rings is 1. The predicted molar refractivity (Wildman–Crippen MR) is 92.9 cm³/mol. The van der Waals surface area contributed by atoms with Crippen LogP contribution >= 0.6 is 15.9 Å². The van der Waals surface area contributed by atoms with Crippen molar-refractivity contribution in [2.75, 3.05) is 5.73 Å². The number of anilines is 1. The highest BCUT2D eigenvalue weighted by Crippen LogP contribution is 2.15. The molecule has 1 aromatic carbocycles. The zero-order chi connectivity index (χ0) is 16.8. The van der Waals surface area contributed by atoms with E-state index in [0.717, 1.165) is 5.56 Å². The van der Waals surface area contributed by atoms with Gasteiger partial charge < -0.3 is 11.1 Å². The SMILES string of the molecule is CC(NC(=O)/C(C#N)=C/c1cccc(Br)n1)c1ccc(N)cc1. The molecule has 0 radical (unpaired) electrons. The highest BCUT2D eigenvalue weighted by atomic mass is 79.9. The summed E-state index contributed by atoms with van der Waals surface area (Å²) in [6.45, 7) is 1.84. The van der Waals surface area contributed by atoms with Crippen LogP contribution in [0.5, 0.6) is 0 Å². The molecule has 5 nitrogen and oxygen atoms in total. The number of nitrogen functional groups attached to an aromatic ring is 1. The highest BCUT2D eigenvalue weighted by molar-refractivity contribution is 9.10. The maximum atomic E-state index is 12.2. The smallest absolute Gasteiger partial charge is 0.262 e. The molecule has 1 amide bonds. The van der Waals surface area contributed by atoms with Crippen LogP contribution in [0.4, 0.5) is 5.69 Å². The molecule has 1 atom stereocenters. The first-order chi connectivity index (χ1) is 11.0. The summed E-state index contributed by atoms with van der Waals surface area (Å²) < 4.78 is 0.638. The number of carbonyl (C=O) groups is 1. The van der Waals surface area contributed by atoms with Crippen LogP contribution in [0.25, 0.3) is 6.08 Å². The molecule has 0 fully saturated rings. The molecular formula is C17H15BrN4O. The van der Waals surface area contributed by atoms with E-state index < -0.39 is 5.91 Å². The van der Waals surface area contributed by atoms with Crippen molar-refractivity contribution in [2.24, 2.45) is 0 Å². The van der Waals surface area contributed by atoms with Gasteiger partial charge in [-0.05, 0) is 58.8 Å². The quantitative estimate of drug-likeness (QED) is 0.374. The minimum atomic E-state index is -0.446. The Hall–Kier alpha value is -2.65. The number of hydrogen-bond acceptors (Lipinski definition) is 4. The fourth-order valence-electron chi connectivity index (χ4n) is 1.94. The summed E-state index contributed by atoms with van der Waals surface area (Å²) in [5.41, 5.74) is 7.74. The Bertz CT molecular complexity index is 778. The Labute approximate surface area is 143 Å². The summed E-state index contributed by atoms with van der Waals surface area (Å²) in [5.74, 6) is -0.446. The van der Waals surface area contributed by atoms with Crippen LogP contribution in [-0.2, 0) is 4.79 Å². The van der Waals surface area contributed by atoms with Crippen LogP contribution in [-0.4, -0.2) is 10.9 Å². The van der Waals surface area contributed by atoms with Crippen molar-refractivity contribution in [3.05, 3.63) is 63.9 Å². The molecule has 0 saturated carbocycles. The summed E-state index contributed by atoms with van der Waals surface area (Å²) >= 11 is 3.25. The summed E-state index contributed by atoms with van der Waals surface area (Å²) in [6, 6.07) is 14.2. The van der Waals surface area contributed by atoms with E-state index in [1.165, 1.54) is 6.08 Å². The van der Waals surface area contributed by atoms with E-state index in [0.29, 0.717) is 16.0 Å². The van der Waals surface area contributed by atoms with Crippen LogP contribution in [0.2, 0.25) is 0 Å². The van der Waals surface area contributed by atoms with Gasteiger partial charge in [0.2, 0.25) is 0 Å². The second-order valence-corrected chi connectivity index (χ2v) is 5.73. The minimum Gasteiger partial charge on any atom is -0.399 e. The van der Waals surface area contributed by atoms with Gasteiger partial charge in [-0.2, -0.15) is 5.26 Å². The molecule has 0 aliphatic heterocycles. The maximum Gasteiger partial charge on any atom is 0.262 e. The van der Waals surface area contributed by atoms with Gasteiger partial charge in [-0.25, -0.2) is 4.98 Å². The van der Waals surface area contributed by atoms with Gasteiger partial charge in [0.25, 0.3) is 5.91 Å². The Morgan fingerprint density at radius 1 is 1.35 bits per heavy atom. The Morgan fingerprint density at radius 3 is 2.65 bits per heavy atom. The molecule has 0 aliphatic rings. The van der Waals surface area contributed by atoms with E-state index in [-0.39, 0.29) is 11.6 Å². The van der Waals surface area contributed by atoms with Gasteiger partial charge in [-0.3, -0.25) is 4.79 Å². The first kappa shape index (κ1) is 16.7. The predicted octanol–water partition coefficient (Wildman–Crippen LogP) is 3.21. The van der Waals surface area contributed by atoms with Crippen molar-refractivity contribution >= 4 is 33.6 Å². The number of aromatic nitrogens is 1. The zero-order valence-corrected chi connectivity index (χ0v) is 14.0. The molecule has 6 heteroatoms. The monoisotopic (exact) mass is 370 g/mol. The molecule has 1 unspecified atom stereocenters. The molecule has 1 aromatic heterocycles. The number of pyridine rings is 1. The lowest BCUT2D eigenvalue weighted by Crippen LogP contribution is -2.27. The lowest BCUT2D eigenvalue weighted by molar-refractivity contribution is -0.117. The van der Waals surface area contributed by atoms with Gasteiger partial charge in [0.15, 0.2) is 0 Å². The van der Waals surface area contributed by atoms with Gasteiger partial charge >= 0.3 is 0 Å². The van der Waals surface area contributed by atoms with E-state index in [9.17, 15) is 10.1 Å². The first-order valence-electron chi connectivity index (χ1n) is 6.90. The number of amides is 1. The third-order valence-electron chi connectivity index (χ3n) is 3.18. The number of nitrogens with one attached hydrogen (secondary N) is 1. The summed E-state index contributed by atoms with van der Waals surface area (Å²) in [7, 11) is 0. The van der Waals surface area contributed by atoms with Crippen LogP contribution in [0, 0.1) is 11.3 Å². The maximum absolute atomic E-state index is 12.2. The standard InChI is InChI=1S/C17H15BrN4O/c1-11(12-5-7-14(20)8-6-12)21-17(23)13(10-19)9-15-3-2-4-16(18)22-15/h2-9,11H,20H2,1H3,(H,21,23)/b13-9+. The number of nitrogens with two attached hydrogens (primary N) is 1. The van der Waals surface area contributed by atoms with Crippen molar-refractivity contribution in [1.82, 2.24) is 10.3 Å². The normalized spacial score (nSPS) is 12.3. The van der Waals surface area contributed by atoms with Crippen LogP contribution in [0.1, 0.15) is 24.2 Å². The lowest BCUT2D eigenvalue weighted by atomic mass is 10.1. The average molecular weight is 371 g/mol. The van der Waals surface area contributed by atoms with E-state index in [1.54, 1.807) is 30.3 Å². The minimum absolute atomic E-state index is 0.00195. The highest BCUT2D eigenvalue weighted by Gasteiger charge is 2.14. The van der Waals surface area contributed by atoms with Gasteiger partial charge in [0.05, 0.1) is 11.7 Å². The summed E-state index contributed by atoms with van der Waals surface area (Å²) in [4.78, 5) is 16.4. The van der Waals surface area contributed by atoms with Crippen molar-refractivity contribution < 1.29 is 4.79 Å². The largest absolute Gasteiger partial charge is 0.399 e. The molecule has 0 bridgehead atoms. The van der Waals surface area contributed by atoms with Crippen molar-refractivity contribution in [3.63, 3.8) is 0 Å². The lowest BCUT2D eigenvalue weighted by Gasteiger charge is -2.14. The van der Waals surface area contributed by atoms with Gasteiger partial charge in [0.1, 0.15) is 16.2 Å². The molecule has 1 heterocycles. The number of hydrogen-bond donors (Lipinski definition) is 2. The van der Waals surface area contributed by atoms with Gasteiger partial charge in [0, 0.05) is 5.69 Å². The van der Waals surface area contributed by atoms with E-state index in [1.807, 2.05) is 25.1 Å². The van der Waals surface area contributed by atoms with Crippen LogP contribution < -0.4 is 11.1 Å². The number of nitrogens with zero attached hydrogens (tertiary/aromatic N) is 2. The topological polar surface area (TPSA) is 91.8 Å². The molecule has 0 spiro atoms. The average Bonchev–Trinajstić information content (AvgIpc) is 2.53. The zero-order valence-electron chi connectivity index (χ0n) is 12.5. The fraction of sp³-hybridized carbons (Fsp3) is 0.118. The van der Waals surface area contributed by atoms with Crippen molar-refractivity contribution in [1.29, 1.82) is 5.26 Å². The summed E-state index contributed by atoms with van der Waals surface area (Å²) in [6.07, 6.45) is 1.45. The molecule has 3 N–H and O–H groups in total. The molecule has 0 aliphatic carbocycles. The first-order valence-corrected chi connectivity index (χ1v) is 7.69. The Kier molecular flexibility index (Phi) is 5.50. The number of rotatable bonds is 4. The van der Waals surface area contributed by atoms with E-state index in [4.69, 9.17) is 5.73 Å². The fourth-order valence-corrected chi connectivity index (χ4v) is 2.30. The molecular weight excluding hydrogens is 356 g/mol. The van der Waals surface area contributed by atoms with Gasteiger partial charge in [-0.15, -0.1) is 0 Å². The number of nitriles is 1. The second kappa shape index (κ2) is 7.56. The van der Waals surface area contributed by atoms with Gasteiger partial charge in [-0.1, -0.05) is 18.2 Å². The van der Waals surface area contributed by atoms with Crippen LogP contribution in [0.3, 0.4) is 0 Å². The molecule has 23 heavy (non-hydrogen) atoms. The Morgan fingerprint density at radius 2 is 2.04 bits per heavy atom. The Balaban J connectivity index is 2.14. The van der Waals surface area contributed by atoms with E-state index >= 15 is 0 Å². The van der Waals surface area contributed by atoms with Crippen LogP contribution in [0.15, 0.2) is 52.6 Å². The molecule has 0 saturated heterocycles. The second-order valence-electron chi connectivity index (χ2n) is 4.92. The summed E-state index contributed by atoms with van der Waals surface area (Å²) in [5, 5.41) is 12.0. The number of carbonyl (C=O) groups excluding carboxylic acids is 1. The number of halogens is 1. The van der Waals surface area contributed by atoms with Crippen molar-refractivity contribution in [2.45, 2.75) is 13.0 Å². The molecule has 2 rings (SSSR count). The molecule has 2 aromatic rings. The molecule has 116 valence electrons.